The van der Waals surface area contributed by atoms with Gasteiger partial charge in [-0.15, -0.1) is 0 Å². The summed E-state index contributed by atoms with van der Waals surface area (Å²) in [7, 11) is 3.15. The average Bonchev–Trinajstić information content (AvgIpc) is 2.78. The molecular weight excluding hydrogens is 396 g/mol. The van der Waals surface area contributed by atoms with Crippen LogP contribution in [0.15, 0.2) is 35.4 Å². The number of aromatic nitrogens is 3. The summed E-state index contributed by atoms with van der Waals surface area (Å²) in [6.45, 7) is 2.33. The number of methoxy groups -OCH3 is 2. The topological polar surface area (TPSA) is 95.3 Å². The lowest BCUT2D eigenvalue weighted by Crippen LogP contribution is -2.32. The molecule has 1 aliphatic rings. The van der Waals surface area contributed by atoms with Crippen LogP contribution in [-0.4, -0.2) is 34.7 Å². The Bertz CT molecular complexity index is 1190. The van der Waals surface area contributed by atoms with Gasteiger partial charge in [0.15, 0.2) is 5.65 Å². The molecule has 0 bridgehead atoms. The Kier molecular flexibility index (Phi) is 5.88. The van der Waals surface area contributed by atoms with Crippen LogP contribution in [0.2, 0.25) is 0 Å². The van der Waals surface area contributed by atoms with Crippen LogP contribution in [0.4, 0.5) is 0 Å². The molecule has 8 nitrogen and oxygen atoms in total. The first kappa shape index (κ1) is 20.8. The highest BCUT2D eigenvalue weighted by Crippen LogP contribution is 2.26. The molecule has 1 atom stereocenters. The van der Waals surface area contributed by atoms with E-state index < -0.39 is 0 Å². The Hall–Kier alpha value is -3.42. The van der Waals surface area contributed by atoms with E-state index in [1.807, 2.05) is 6.07 Å². The van der Waals surface area contributed by atoms with Gasteiger partial charge in [0, 0.05) is 17.8 Å². The van der Waals surface area contributed by atoms with Gasteiger partial charge in [-0.2, -0.15) is 0 Å². The van der Waals surface area contributed by atoms with E-state index >= 15 is 0 Å². The number of amides is 1. The molecule has 1 amide bonds. The number of rotatable bonds is 6. The minimum atomic E-state index is -0.298. The van der Waals surface area contributed by atoms with Crippen LogP contribution in [-0.2, 0) is 30.7 Å². The molecule has 1 aliphatic carbocycles. The van der Waals surface area contributed by atoms with Gasteiger partial charge in [0.25, 0.3) is 5.56 Å². The molecule has 1 N–H and O–H groups in total. The fraction of sp³-hybridized carbons (Fsp3) is 0.391. The van der Waals surface area contributed by atoms with Gasteiger partial charge in [-0.05, 0) is 55.0 Å². The van der Waals surface area contributed by atoms with E-state index in [1.165, 1.54) is 10.9 Å². The largest absolute Gasteiger partial charge is 0.497 e. The lowest BCUT2D eigenvalue weighted by atomic mass is 9.87. The van der Waals surface area contributed by atoms with Gasteiger partial charge in [-0.1, -0.05) is 6.92 Å². The Balaban J connectivity index is 1.51. The van der Waals surface area contributed by atoms with Crippen LogP contribution < -0.4 is 20.3 Å². The molecule has 0 spiro atoms. The fourth-order valence-electron chi connectivity index (χ4n) is 3.96. The Morgan fingerprint density at radius 2 is 2.10 bits per heavy atom. The number of nitrogens with zero attached hydrogens (tertiary/aromatic N) is 3. The zero-order chi connectivity index (χ0) is 22.0. The number of carbonyl (C=O) groups is 1. The van der Waals surface area contributed by atoms with Crippen LogP contribution >= 0.6 is 0 Å². The quantitative estimate of drug-likeness (QED) is 0.655. The molecule has 0 radical (unpaired) electrons. The minimum Gasteiger partial charge on any atom is -0.497 e. The summed E-state index contributed by atoms with van der Waals surface area (Å²) in [4.78, 5) is 34.4. The smallest absolute Gasteiger partial charge is 0.263 e. The number of hydrogen-bond donors (Lipinski definition) is 1. The van der Waals surface area contributed by atoms with Gasteiger partial charge in [0.05, 0.1) is 19.6 Å². The van der Waals surface area contributed by atoms with E-state index in [-0.39, 0.29) is 24.6 Å². The van der Waals surface area contributed by atoms with Gasteiger partial charge in [-0.25, -0.2) is 9.97 Å². The number of hydrogen-bond acceptors (Lipinski definition) is 6. The number of nitrogens with one attached hydrogen (secondary N) is 1. The fourth-order valence-corrected chi connectivity index (χ4v) is 3.96. The van der Waals surface area contributed by atoms with Crippen molar-refractivity contribution >= 4 is 16.9 Å². The molecule has 2 aromatic heterocycles. The van der Waals surface area contributed by atoms with E-state index in [0.717, 1.165) is 36.1 Å². The third-order valence-electron chi connectivity index (χ3n) is 5.70. The number of carbonyl (C=O) groups excluding carboxylic acids is 1. The second-order valence-electron chi connectivity index (χ2n) is 7.95. The monoisotopic (exact) mass is 422 g/mol. The Labute approximate surface area is 180 Å². The molecule has 0 saturated heterocycles. The maximum absolute atomic E-state index is 13.0. The first-order valence-corrected chi connectivity index (χ1v) is 10.3. The second kappa shape index (κ2) is 8.75. The van der Waals surface area contributed by atoms with Crippen LogP contribution in [0.5, 0.6) is 11.5 Å². The minimum absolute atomic E-state index is 0.123. The number of benzene rings is 1. The number of aryl methyl sites for hydroxylation is 1. The van der Waals surface area contributed by atoms with Gasteiger partial charge >= 0.3 is 0 Å². The van der Waals surface area contributed by atoms with Crippen LogP contribution in [0, 0.1) is 5.92 Å². The van der Waals surface area contributed by atoms with E-state index in [0.29, 0.717) is 28.5 Å². The predicted octanol–water partition coefficient (Wildman–Crippen LogP) is 2.25. The summed E-state index contributed by atoms with van der Waals surface area (Å²) in [6.07, 6.45) is 4.31. The molecule has 1 aromatic carbocycles. The lowest BCUT2D eigenvalue weighted by molar-refractivity contribution is -0.121. The van der Waals surface area contributed by atoms with E-state index in [1.54, 1.807) is 32.4 Å². The van der Waals surface area contributed by atoms with Gasteiger partial charge in [0.1, 0.15) is 24.4 Å². The maximum atomic E-state index is 13.0. The third-order valence-corrected chi connectivity index (χ3v) is 5.70. The molecule has 162 valence electrons. The van der Waals surface area contributed by atoms with E-state index in [2.05, 4.69) is 22.2 Å². The Morgan fingerprint density at radius 1 is 1.26 bits per heavy atom. The first-order chi connectivity index (χ1) is 15.0. The average molecular weight is 422 g/mol. The molecule has 0 aliphatic heterocycles. The standard InChI is InChI=1S/C23H26N4O4/c1-14-4-6-19-15(8-14)10-18-22(26-19)25-13-27(23(18)29)12-21(28)24-11-16-9-17(30-2)5-7-20(16)31-3/h5,7,9-10,13-14H,4,6,8,11-12H2,1-3H3,(H,24,28). The van der Waals surface area contributed by atoms with E-state index in [4.69, 9.17) is 9.47 Å². The first-order valence-electron chi connectivity index (χ1n) is 10.3. The summed E-state index contributed by atoms with van der Waals surface area (Å²) >= 11 is 0. The van der Waals surface area contributed by atoms with Crippen molar-refractivity contribution in [2.45, 2.75) is 39.3 Å². The van der Waals surface area contributed by atoms with Crippen molar-refractivity contribution in [1.29, 1.82) is 0 Å². The molecule has 0 saturated carbocycles. The van der Waals surface area contributed by atoms with Crippen molar-refractivity contribution in [2.75, 3.05) is 14.2 Å². The number of pyridine rings is 1. The van der Waals surface area contributed by atoms with Gasteiger partial charge < -0.3 is 14.8 Å². The normalized spacial score (nSPS) is 15.4. The van der Waals surface area contributed by atoms with Crippen molar-refractivity contribution in [3.05, 3.63) is 57.8 Å². The molecule has 4 rings (SSSR count). The zero-order valence-corrected chi connectivity index (χ0v) is 18.0. The van der Waals surface area contributed by atoms with Gasteiger partial charge in [0.2, 0.25) is 5.91 Å². The van der Waals surface area contributed by atoms with Crippen molar-refractivity contribution in [3.8, 4) is 11.5 Å². The SMILES string of the molecule is COc1ccc(OC)c(CNC(=O)Cn2cnc3nc4c(cc3c2=O)CC(C)CC4)c1. The highest BCUT2D eigenvalue weighted by Gasteiger charge is 2.19. The van der Waals surface area contributed by atoms with Crippen molar-refractivity contribution in [2.24, 2.45) is 5.92 Å². The second-order valence-corrected chi connectivity index (χ2v) is 7.95. The van der Waals surface area contributed by atoms with Crippen LogP contribution in [0.1, 0.15) is 30.2 Å². The molecule has 8 heteroatoms. The Morgan fingerprint density at radius 3 is 2.87 bits per heavy atom. The van der Waals surface area contributed by atoms with Crippen molar-refractivity contribution in [1.82, 2.24) is 19.9 Å². The molecule has 2 heterocycles. The number of ether oxygens (including phenoxy) is 2. The van der Waals surface area contributed by atoms with Crippen molar-refractivity contribution in [3.63, 3.8) is 0 Å². The highest BCUT2D eigenvalue weighted by molar-refractivity contribution is 5.77. The lowest BCUT2D eigenvalue weighted by Gasteiger charge is -2.20. The zero-order valence-electron chi connectivity index (χ0n) is 18.0. The number of fused-ring (bicyclic) bond motifs is 2. The van der Waals surface area contributed by atoms with Gasteiger partial charge in [-0.3, -0.25) is 14.2 Å². The van der Waals surface area contributed by atoms with Crippen LogP contribution in [0.25, 0.3) is 11.0 Å². The summed E-state index contributed by atoms with van der Waals surface area (Å²) in [6, 6.07) is 7.28. The summed E-state index contributed by atoms with van der Waals surface area (Å²) in [5.74, 6) is 1.60. The van der Waals surface area contributed by atoms with Crippen molar-refractivity contribution < 1.29 is 14.3 Å². The molecular formula is C23H26N4O4. The molecule has 1 unspecified atom stereocenters. The van der Waals surface area contributed by atoms with E-state index in [9.17, 15) is 9.59 Å². The molecule has 31 heavy (non-hydrogen) atoms. The summed E-state index contributed by atoms with van der Waals surface area (Å²) < 4.78 is 11.9. The molecule has 3 aromatic rings. The maximum Gasteiger partial charge on any atom is 0.263 e. The predicted molar refractivity (Wildman–Crippen MR) is 116 cm³/mol. The third kappa shape index (κ3) is 4.38. The summed E-state index contributed by atoms with van der Waals surface area (Å²) in [5.41, 5.74) is 3.10. The summed E-state index contributed by atoms with van der Waals surface area (Å²) in [5, 5.41) is 3.28. The molecule has 0 fully saturated rings. The van der Waals surface area contributed by atoms with Crippen LogP contribution in [0.3, 0.4) is 0 Å². The highest BCUT2D eigenvalue weighted by atomic mass is 16.5.